The van der Waals surface area contributed by atoms with Gasteiger partial charge in [-0.15, -0.1) is 11.6 Å². The Kier molecular flexibility index (Phi) is 4.78. The number of nitrogens with one attached hydrogen (secondary N) is 1. The third kappa shape index (κ3) is 3.56. The largest absolute Gasteiger partial charge is 0.349 e. The summed E-state index contributed by atoms with van der Waals surface area (Å²) in [5.74, 6) is 1.77. The van der Waals surface area contributed by atoms with Gasteiger partial charge in [0.25, 0.3) is 5.91 Å². The fraction of sp³-hybridized carbons (Fsp3) is 0.462. The average Bonchev–Trinajstić information content (AvgIpc) is 2.41. The SMILES string of the molecule is O=C(NC1CCS(=O)CC1)c1ccc(CCl)cc1. The van der Waals surface area contributed by atoms with Crippen LogP contribution in [0.4, 0.5) is 0 Å². The molecular formula is C13H16ClNO2S. The second-order valence-corrected chi connectivity index (χ2v) is 6.39. The Morgan fingerprint density at radius 3 is 2.44 bits per heavy atom. The molecule has 98 valence electrons. The molecule has 3 nitrogen and oxygen atoms in total. The summed E-state index contributed by atoms with van der Waals surface area (Å²) in [5, 5.41) is 2.99. The van der Waals surface area contributed by atoms with Gasteiger partial charge in [-0.1, -0.05) is 12.1 Å². The highest BCUT2D eigenvalue weighted by Crippen LogP contribution is 2.11. The average molecular weight is 286 g/mol. The highest BCUT2D eigenvalue weighted by Gasteiger charge is 2.19. The van der Waals surface area contributed by atoms with E-state index in [1.165, 1.54) is 0 Å². The molecule has 0 bridgehead atoms. The zero-order valence-corrected chi connectivity index (χ0v) is 11.6. The van der Waals surface area contributed by atoms with Crippen molar-refractivity contribution in [2.45, 2.75) is 24.8 Å². The van der Waals surface area contributed by atoms with E-state index in [0.717, 1.165) is 18.4 Å². The van der Waals surface area contributed by atoms with Gasteiger partial charge in [-0.05, 0) is 30.5 Å². The molecule has 0 unspecified atom stereocenters. The molecule has 1 aliphatic rings. The predicted octanol–water partition coefficient (Wildman–Crippen LogP) is 2.07. The first kappa shape index (κ1) is 13.6. The van der Waals surface area contributed by atoms with Crippen LogP contribution < -0.4 is 5.32 Å². The van der Waals surface area contributed by atoms with Crippen molar-refractivity contribution in [1.82, 2.24) is 5.32 Å². The summed E-state index contributed by atoms with van der Waals surface area (Å²) < 4.78 is 11.2. The summed E-state index contributed by atoms with van der Waals surface area (Å²) in [5.41, 5.74) is 1.65. The van der Waals surface area contributed by atoms with Gasteiger partial charge in [0, 0.05) is 39.8 Å². The zero-order chi connectivity index (χ0) is 13.0. The van der Waals surface area contributed by atoms with Gasteiger partial charge in [-0.2, -0.15) is 0 Å². The third-order valence-electron chi connectivity index (χ3n) is 3.09. The Morgan fingerprint density at radius 1 is 1.28 bits per heavy atom. The Hall–Kier alpha value is -0.870. The van der Waals surface area contributed by atoms with Crippen LogP contribution in [0.15, 0.2) is 24.3 Å². The van der Waals surface area contributed by atoms with Crippen LogP contribution in [0.1, 0.15) is 28.8 Å². The number of benzene rings is 1. The lowest BCUT2D eigenvalue weighted by Gasteiger charge is -2.22. The van der Waals surface area contributed by atoms with E-state index < -0.39 is 10.8 Å². The molecule has 1 amide bonds. The number of hydrogen-bond donors (Lipinski definition) is 1. The molecule has 5 heteroatoms. The molecule has 0 aliphatic carbocycles. The first-order valence-electron chi connectivity index (χ1n) is 6.00. The summed E-state index contributed by atoms with van der Waals surface area (Å²) in [4.78, 5) is 12.0. The maximum absolute atomic E-state index is 12.0. The maximum atomic E-state index is 12.0. The smallest absolute Gasteiger partial charge is 0.251 e. The molecule has 0 saturated carbocycles. The monoisotopic (exact) mass is 285 g/mol. The van der Waals surface area contributed by atoms with Gasteiger partial charge in [-0.25, -0.2) is 0 Å². The second-order valence-electron chi connectivity index (χ2n) is 4.43. The zero-order valence-electron chi connectivity index (χ0n) is 10.0. The first-order chi connectivity index (χ1) is 8.69. The highest BCUT2D eigenvalue weighted by molar-refractivity contribution is 7.85. The minimum Gasteiger partial charge on any atom is -0.349 e. The summed E-state index contributed by atoms with van der Waals surface area (Å²) in [6, 6.07) is 7.44. The van der Waals surface area contributed by atoms with E-state index in [4.69, 9.17) is 11.6 Å². The molecule has 1 heterocycles. The number of carbonyl (C=O) groups excluding carboxylic acids is 1. The van der Waals surface area contributed by atoms with Crippen molar-refractivity contribution in [3.05, 3.63) is 35.4 Å². The predicted molar refractivity (Wildman–Crippen MR) is 74.4 cm³/mol. The van der Waals surface area contributed by atoms with Crippen molar-refractivity contribution in [1.29, 1.82) is 0 Å². The molecule has 0 aromatic heterocycles. The van der Waals surface area contributed by atoms with Crippen molar-refractivity contribution < 1.29 is 9.00 Å². The molecule has 0 atom stereocenters. The quantitative estimate of drug-likeness (QED) is 0.864. The summed E-state index contributed by atoms with van der Waals surface area (Å²) in [6.07, 6.45) is 1.61. The van der Waals surface area contributed by atoms with E-state index in [1.54, 1.807) is 12.1 Å². The third-order valence-corrected chi connectivity index (χ3v) is 4.78. The molecule has 2 rings (SSSR count). The van der Waals surface area contributed by atoms with E-state index in [9.17, 15) is 9.00 Å². The van der Waals surface area contributed by atoms with Crippen LogP contribution in [0.5, 0.6) is 0 Å². The molecule has 1 aliphatic heterocycles. The van der Waals surface area contributed by atoms with Crippen LogP contribution in [0, 0.1) is 0 Å². The number of alkyl halides is 1. The Morgan fingerprint density at radius 2 is 1.89 bits per heavy atom. The lowest BCUT2D eigenvalue weighted by atomic mass is 10.1. The lowest BCUT2D eigenvalue weighted by molar-refractivity contribution is 0.0934. The van der Waals surface area contributed by atoms with Gasteiger partial charge in [0.2, 0.25) is 0 Å². The molecule has 1 fully saturated rings. The normalized spacial score (nSPS) is 23.6. The molecule has 1 N–H and O–H groups in total. The Labute approximate surface area is 114 Å². The molecule has 0 spiro atoms. The molecule has 1 aromatic carbocycles. The van der Waals surface area contributed by atoms with Gasteiger partial charge in [0.05, 0.1) is 0 Å². The molecule has 1 saturated heterocycles. The van der Waals surface area contributed by atoms with Crippen molar-refractivity contribution in [2.24, 2.45) is 0 Å². The number of hydrogen-bond acceptors (Lipinski definition) is 2. The standard InChI is InChI=1S/C13H16ClNO2S/c14-9-10-1-3-11(4-2-10)13(16)15-12-5-7-18(17)8-6-12/h1-4,12H,5-9H2,(H,15,16). The van der Waals surface area contributed by atoms with Gasteiger partial charge in [0.1, 0.15) is 0 Å². The molecule has 1 aromatic rings. The van der Waals surface area contributed by atoms with E-state index in [-0.39, 0.29) is 11.9 Å². The lowest BCUT2D eigenvalue weighted by Crippen LogP contribution is -2.39. The summed E-state index contributed by atoms with van der Waals surface area (Å²) >= 11 is 5.70. The molecule has 18 heavy (non-hydrogen) atoms. The van der Waals surface area contributed by atoms with Crippen LogP contribution >= 0.6 is 11.6 Å². The van der Waals surface area contributed by atoms with E-state index >= 15 is 0 Å². The van der Waals surface area contributed by atoms with Crippen LogP contribution in [-0.2, 0) is 16.7 Å². The molecule has 0 radical (unpaired) electrons. The van der Waals surface area contributed by atoms with Crippen molar-refractivity contribution in [3.63, 3.8) is 0 Å². The number of rotatable bonds is 3. The topological polar surface area (TPSA) is 46.2 Å². The van der Waals surface area contributed by atoms with Gasteiger partial charge in [-0.3, -0.25) is 9.00 Å². The minimum absolute atomic E-state index is 0.0613. The van der Waals surface area contributed by atoms with Gasteiger partial charge < -0.3 is 5.32 Å². The number of halogens is 1. The summed E-state index contributed by atoms with van der Waals surface area (Å²) in [6.45, 7) is 0. The van der Waals surface area contributed by atoms with Crippen molar-refractivity contribution in [2.75, 3.05) is 11.5 Å². The van der Waals surface area contributed by atoms with Gasteiger partial charge in [0.15, 0.2) is 0 Å². The first-order valence-corrected chi connectivity index (χ1v) is 8.02. The van der Waals surface area contributed by atoms with Crippen LogP contribution in [0.3, 0.4) is 0 Å². The van der Waals surface area contributed by atoms with E-state index in [2.05, 4.69) is 5.32 Å². The van der Waals surface area contributed by atoms with Crippen LogP contribution in [-0.4, -0.2) is 27.7 Å². The van der Waals surface area contributed by atoms with E-state index in [0.29, 0.717) is 22.9 Å². The number of amides is 1. The maximum Gasteiger partial charge on any atom is 0.251 e. The van der Waals surface area contributed by atoms with Gasteiger partial charge >= 0.3 is 0 Å². The van der Waals surface area contributed by atoms with Crippen molar-refractivity contribution >= 4 is 28.3 Å². The second kappa shape index (κ2) is 6.34. The van der Waals surface area contributed by atoms with Crippen LogP contribution in [0.2, 0.25) is 0 Å². The molecular weight excluding hydrogens is 270 g/mol. The summed E-state index contributed by atoms with van der Waals surface area (Å²) in [7, 11) is -0.691. The highest BCUT2D eigenvalue weighted by atomic mass is 35.5. The number of carbonyl (C=O) groups is 1. The Bertz CT molecular complexity index is 437. The fourth-order valence-corrected chi connectivity index (χ4v) is 3.43. The fourth-order valence-electron chi connectivity index (χ4n) is 1.95. The van der Waals surface area contributed by atoms with E-state index in [1.807, 2.05) is 12.1 Å². The van der Waals surface area contributed by atoms with Crippen molar-refractivity contribution in [3.8, 4) is 0 Å². The minimum atomic E-state index is -0.691. The van der Waals surface area contributed by atoms with Crippen LogP contribution in [0.25, 0.3) is 0 Å². The Balaban J connectivity index is 1.92.